The lowest BCUT2D eigenvalue weighted by molar-refractivity contribution is -0.115. The monoisotopic (exact) mass is 453 g/mol. The summed E-state index contributed by atoms with van der Waals surface area (Å²) < 4.78 is 27.1. The minimum atomic E-state index is 0.129. The van der Waals surface area contributed by atoms with Gasteiger partial charge in [-0.1, -0.05) is 6.07 Å². The molecule has 0 spiro atoms. The summed E-state index contributed by atoms with van der Waals surface area (Å²) in [4.78, 5) is 10.9. The number of benzene rings is 3. The van der Waals surface area contributed by atoms with Gasteiger partial charge in [-0.3, -0.25) is 4.79 Å². The maximum Gasteiger partial charge on any atom is 0.209 e. The lowest BCUT2D eigenvalue weighted by Crippen LogP contribution is -2.06. The smallest absolute Gasteiger partial charge is 0.209 e. The maximum atomic E-state index is 10.8. The molecule has 4 rings (SSSR count). The molecule has 1 aromatic heterocycles. The Kier molecular flexibility index (Phi) is 7.17. The number of phenolic OH excluding ortho intramolecular Hbond substituents is 1. The first kappa shape index (κ1) is 23.6. The molecule has 0 aliphatic rings. The number of hydrogen-bond acceptors (Lipinski definition) is 7. The zero-order chi connectivity index (χ0) is 24.1. The average Bonchev–Trinajstić information content (AvgIpc) is 3.33. The van der Waals surface area contributed by atoms with E-state index in [1.807, 2.05) is 24.3 Å². The number of rotatable bonds is 6. The van der Waals surface area contributed by atoms with Gasteiger partial charge in [0.15, 0.2) is 23.0 Å². The zero-order valence-electron chi connectivity index (χ0n) is 19.5. The van der Waals surface area contributed by atoms with Gasteiger partial charge < -0.3 is 33.4 Å². The number of hydrogen-bond donors (Lipinski definition) is 1. The molecule has 4 aromatic rings. The number of furan rings is 1. The third-order valence-electron chi connectivity index (χ3n) is 5.12. The molecule has 33 heavy (non-hydrogen) atoms. The van der Waals surface area contributed by atoms with Crippen LogP contribution in [0.5, 0.6) is 28.7 Å². The summed E-state index contributed by atoms with van der Waals surface area (Å²) in [5, 5.41) is 13.7. The third kappa shape index (κ3) is 4.45. The molecular formula is C25H27NO7. The normalized spacial score (nSPS) is 10.4. The van der Waals surface area contributed by atoms with E-state index in [1.165, 1.54) is 11.2 Å². The molecule has 0 radical (unpaired) electrons. The Balaban J connectivity index is 0.000000555. The van der Waals surface area contributed by atoms with Gasteiger partial charge >= 0.3 is 0 Å². The molecule has 0 bridgehead atoms. The molecule has 1 heterocycles. The summed E-state index contributed by atoms with van der Waals surface area (Å²) in [6.45, 7) is 0. The van der Waals surface area contributed by atoms with Crippen molar-refractivity contribution >= 4 is 28.0 Å². The fourth-order valence-electron chi connectivity index (χ4n) is 3.55. The van der Waals surface area contributed by atoms with Crippen molar-refractivity contribution in [1.82, 2.24) is 4.90 Å². The second-order valence-corrected chi connectivity index (χ2v) is 7.31. The van der Waals surface area contributed by atoms with E-state index in [0.717, 1.165) is 28.3 Å². The SMILES string of the molecule is CN(C)C=O.COc1ccc(-c2c3cocc3c(O)c3cc(OC)c(OC)cc23)cc1OC. The van der Waals surface area contributed by atoms with Gasteiger partial charge in [0.1, 0.15) is 12.0 Å². The molecule has 0 unspecified atom stereocenters. The van der Waals surface area contributed by atoms with Crippen molar-refractivity contribution in [1.29, 1.82) is 0 Å². The van der Waals surface area contributed by atoms with Crippen molar-refractivity contribution in [2.24, 2.45) is 0 Å². The summed E-state index contributed by atoms with van der Waals surface area (Å²) in [7, 11) is 9.71. The van der Waals surface area contributed by atoms with Crippen molar-refractivity contribution in [2.45, 2.75) is 0 Å². The summed E-state index contributed by atoms with van der Waals surface area (Å²) in [5.41, 5.74) is 1.78. The number of fused-ring (bicyclic) bond motifs is 2. The van der Waals surface area contributed by atoms with E-state index in [-0.39, 0.29) is 5.75 Å². The number of aromatic hydroxyl groups is 1. The molecule has 0 atom stereocenters. The number of carbonyl (C=O) groups is 1. The van der Waals surface area contributed by atoms with Gasteiger partial charge in [-0.15, -0.1) is 0 Å². The highest BCUT2D eigenvalue weighted by Gasteiger charge is 2.20. The lowest BCUT2D eigenvalue weighted by Gasteiger charge is -2.16. The highest BCUT2D eigenvalue weighted by molar-refractivity contribution is 6.17. The fourth-order valence-corrected chi connectivity index (χ4v) is 3.55. The van der Waals surface area contributed by atoms with Crippen molar-refractivity contribution < 1.29 is 33.3 Å². The molecule has 1 N–H and O–H groups in total. The topological polar surface area (TPSA) is 90.6 Å². The predicted molar refractivity (Wildman–Crippen MR) is 127 cm³/mol. The van der Waals surface area contributed by atoms with Gasteiger partial charge in [0, 0.05) is 30.4 Å². The molecule has 3 aromatic carbocycles. The van der Waals surface area contributed by atoms with Crippen LogP contribution in [0.3, 0.4) is 0 Å². The molecule has 0 saturated carbocycles. The quantitative estimate of drug-likeness (QED) is 0.423. The van der Waals surface area contributed by atoms with E-state index >= 15 is 0 Å². The Morgan fingerprint density at radius 2 is 1.27 bits per heavy atom. The number of carbonyl (C=O) groups excluding carboxylic acids is 1. The standard InChI is InChI=1S/C22H20O6.C3H7NO/c1-24-17-6-5-12(7-18(17)25-2)21-13-8-19(26-3)20(27-4)9-14(13)22(23)16-11-28-10-15(16)21;1-4(2)3-5/h5-11,23H,1-4H3;3H,1-2H3. The second kappa shape index (κ2) is 10.0. The number of ether oxygens (including phenoxy) is 4. The van der Waals surface area contributed by atoms with Crippen LogP contribution in [0.4, 0.5) is 0 Å². The first-order chi connectivity index (χ1) is 15.9. The number of methoxy groups -OCH3 is 4. The van der Waals surface area contributed by atoms with Gasteiger partial charge in [0.05, 0.1) is 40.1 Å². The molecule has 174 valence electrons. The van der Waals surface area contributed by atoms with Crippen LogP contribution in [0.15, 0.2) is 47.3 Å². The Labute approximate surface area is 191 Å². The molecular weight excluding hydrogens is 426 g/mol. The first-order valence-electron chi connectivity index (χ1n) is 10.0. The van der Waals surface area contributed by atoms with Crippen LogP contribution in [0.1, 0.15) is 0 Å². The number of phenols is 1. The highest BCUT2D eigenvalue weighted by atomic mass is 16.5. The molecule has 0 aliphatic heterocycles. The highest BCUT2D eigenvalue weighted by Crippen LogP contribution is 2.47. The van der Waals surface area contributed by atoms with Crippen molar-refractivity contribution in [3.05, 3.63) is 42.9 Å². The Morgan fingerprint density at radius 3 is 1.82 bits per heavy atom. The molecule has 8 nitrogen and oxygen atoms in total. The number of amides is 1. The molecule has 0 saturated heterocycles. The minimum Gasteiger partial charge on any atom is -0.507 e. The molecule has 0 fully saturated rings. The van der Waals surface area contributed by atoms with Crippen LogP contribution >= 0.6 is 0 Å². The Hall–Kier alpha value is -4.07. The molecule has 8 heteroatoms. The largest absolute Gasteiger partial charge is 0.507 e. The van der Waals surface area contributed by atoms with Crippen LogP contribution in [0, 0.1) is 0 Å². The minimum absolute atomic E-state index is 0.129. The zero-order valence-corrected chi connectivity index (χ0v) is 19.5. The summed E-state index contributed by atoms with van der Waals surface area (Å²) in [6.07, 6.45) is 3.91. The van der Waals surface area contributed by atoms with Crippen LogP contribution in [-0.4, -0.2) is 59.0 Å². The lowest BCUT2D eigenvalue weighted by atomic mass is 9.92. The van der Waals surface area contributed by atoms with Crippen molar-refractivity contribution in [2.75, 3.05) is 42.5 Å². The van der Waals surface area contributed by atoms with Crippen LogP contribution < -0.4 is 18.9 Å². The van der Waals surface area contributed by atoms with E-state index in [4.69, 9.17) is 23.4 Å². The van der Waals surface area contributed by atoms with Crippen LogP contribution in [0.25, 0.3) is 32.7 Å². The molecule has 1 amide bonds. The van der Waals surface area contributed by atoms with Gasteiger partial charge in [0.2, 0.25) is 6.41 Å². The van der Waals surface area contributed by atoms with Crippen molar-refractivity contribution in [3.63, 3.8) is 0 Å². The third-order valence-corrected chi connectivity index (χ3v) is 5.12. The summed E-state index contributed by atoms with van der Waals surface area (Å²) in [6, 6.07) is 9.30. The van der Waals surface area contributed by atoms with E-state index in [1.54, 1.807) is 54.9 Å². The average molecular weight is 453 g/mol. The Bertz CT molecular complexity index is 1280. The summed E-state index contributed by atoms with van der Waals surface area (Å²) >= 11 is 0. The Morgan fingerprint density at radius 1 is 0.758 bits per heavy atom. The number of nitrogens with zero attached hydrogens (tertiary/aromatic N) is 1. The van der Waals surface area contributed by atoms with E-state index in [9.17, 15) is 9.90 Å². The molecule has 0 aliphatic carbocycles. The van der Waals surface area contributed by atoms with Crippen LogP contribution in [0.2, 0.25) is 0 Å². The summed E-state index contributed by atoms with van der Waals surface area (Å²) in [5.74, 6) is 2.48. The first-order valence-corrected chi connectivity index (χ1v) is 10.0. The van der Waals surface area contributed by atoms with Gasteiger partial charge in [-0.05, 0) is 35.2 Å². The second-order valence-electron chi connectivity index (χ2n) is 7.31. The van der Waals surface area contributed by atoms with Crippen LogP contribution in [-0.2, 0) is 4.79 Å². The van der Waals surface area contributed by atoms with E-state index in [0.29, 0.717) is 33.8 Å². The maximum absolute atomic E-state index is 10.8. The van der Waals surface area contributed by atoms with Gasteiger partial charge in [-0.2, -0.15) is 0 Å². The van der Waals surface area contributed by atoms with Crippen molar-refractivity contribution in [3.8, 4) is 39.9 Å². The van der Waals surface area contributed by atoms with Gasteiger partial charge in [0.25, 0.3) is 0 Å². The van der Waals surface area contributed by atoms with Gasteiger partial charge in [-0.25, -0.2) is 0 Å². The predicted octanol–water partition coefficient (Wildman–Crippen LogP) is 4.70. The van der Waals surface area contributed by atoms with E-state index in [2.05, 4.69) is 0 Å². The fraction of sp³-hybridized carbons (Fsp3) is 0.240. The van der Waals surface area contributed by atoms with E-state index < -0.39 is 0 Å².